The summed E-state index contributed by atoms with van der Waals surface area (Å²) in [5, 5.41) is 3.12. The van der Waals surface area contributed by atoms with Gasteiger partial charge in [0.15, 0.2) is 0 Å². The van der Waals surface area contributed by atoms with Crippen LogP contribution in [0, 0.1) is 18.6 Å². The lowest BCUT2D eigenvalue weighted by molar-refractivity contribution is -0.131. The van der Waals surface area contributed by atoms with Gasteiger partial charge in [-0.3, -0.25) is 4.79 Å². The largest absolute Gasteiger partial charge is 0.347 e. The number of piperidine rings is 1. The van der Waals surface area contributed by atoms with E-state index in [4.69, 9.17) is 0 Å². The molecule has 2 unspecified atom stereocenters. The second-order valence-corrected chi connectivity index (χ2v) is 5.55. The average Bonchev–Trinajstić information content (AvgIpc) is 2.43. The Bertz CT molecular complexity index is 517. The highest BCUT2D eigenvalue weighted by Gasteiger charge is 2.31. The Kier molecular flexibility index (Phi) is 4.38. The maximum Gasteiger partial charge on any atom is 0.239 e. The Balaban J connectivity index is 2.26. The van der Waals surface area contributed by atoms with E-state index in [2.05, 4.69) is 5.32 Å². The number of rotatable bonds is 2. The first kappa shape index (κ1) is 14.9. The molecule has 1 saturated heterocycles. The zero-order chi connectivity index (χ0) is 14.9. The second kappa shape index (κ2) is 5.87. The molecule has 3 nitrogen and oxygen atoms in total. The molecule has 2 rings (SSSR count). The molecular formula is C15H20F2N2O. The topological polar surface area (TPSA) is 32.3 Å². The molecule has 1 aliphatic heterocycles. The van der Waals surface area contributed by atoms with Crippen LogP contribution in [0.3, 0.4) is 0 Å². The minimum absolute atomic E-state index is 0.0526. The fourth-order valence-electron chi connectivity index (χ4n) is 2.73. The summed E-state index contributed by atoms with van der Waals surface area (Å²) in [5.41, 5.74) is 0.568. The molecule has 0 radical (unpaired) electrons. The van der Waals surface area contributed by atoms with Crippen LogP contribution < -0.4 is 5.32 Å². The lowest BCUT2D eigenvalue weighted by Crippen LogP contribution is -2.48. The van der Waals surface area contributed by atoms with E-state index in [1.165, 1.54) is 17.0 Å². The Morgan fingerprint density at radius 2 is 2.05 bits per heavy atom. The van der Waals surface area contributed by atoms with E-state index >= 15 is 0 Å². The van der Waals surface area contributed by atoms with Gasteiger partial charge in [-0.05, 0) is 43.9 Å². The monoisotopic (exact) mass is 282 g/mol. The summed E-state index contributed by atoms with van der Waals surface area (Å²) in [6, 6.07) is 2.37. The first-order valence-electron chi connectivity index (χ1n) is 6.81. The predicted molar refractivity (Wildman–Crippen MR) is 73.6 cm³/mol. The number of halogens is 2. The molecule has 1 N–H and O–H groups in total. The van der Waals surface area contributed by atoms with Crippen molar-refractivity contribution in [2.75, 3.05) is 20.6 Å². The van der Waals surface area contributed by atoms with Gasteiger partial charge in [0.05, 0.1) is 6.04 Å². The van der Waals surface area contributed by atoms with Crippen molar-refractivity contribution in [3.8, 4) is 0 Å². The molecule has 0 bridgehead atoms. The van der Waals surface area contributed by atoms with Crippen LogP contribution in [0.4, 0.5) is 8.78 Å². The summed E-state index contributed by atoms with van der Waals surface area (Å²) in [4.78, 5) is 13.5. The van der Waals surface area contributed by atoms with Gasteiger partial charge in [-0.15, -0.1) is 0 Å². The van der Waals surface area contributed by atoms with Gasteiger partial charge in [0.25, 0.3) is 0 Å². The van der Waals surface area contributed by atoms with E-state index in [-0.39, 0.29) is 23.4 Å². The summed E-state index contributed by atoms with van der Waals surface area (Å²) in [6.45, 7) is 2.21. The molecule has 0 saturated carbocycles. The SMILES string of the molecule is Cc1ccc(F)c(C2CCNC(C(=O)N(C)C)C2)c1F. The molecule has 0 aromatic heterocycles. The van der Waals surface area contributed by atoms with Crippen LogP contribution in [0.2, 0.25) is 0 Å². The molecule has 1 aromatic rings. The van der Waals surface area contributed by atoms with Crippen LogP contribution in [0.25, 0.3) is 0 Å². The number of hydrogen-bond donors (Lipinski definition) is 1. The molecule has 0 aliphatic carbocycles. The van der Waals surface area contributed by atoms with E-state index < -0.39 is 11.6 Å². The Morgan fingerprint density at radius 1 is 1.35 bits per heavy atom. The molecule has 1 aromatic carbocycles. The molecular weight excluding hydrogens is 262 g/mol. The maximum atomic E-state index is 14.2. The summed E-state index contributed by atoms with van der Waals surface area (Å²) in [7, 11) is 3.36. The van der Waals surface area contributed by atoms with E-state index in [9.17, 15) is 13.6 Å². The summed E-state index contributed by atoms with van der Waals surface area (Å²) in [5.74, 6) is -1.31. The normalized spacial score (nSPS) is 22.6. The number of nitrogens with zero attached hydrogens (tertiary/aromatic N) is 1. The fourth-order valence-corrected chi connectivity index (χ4v) is 2.73. The summed E-state index contributed by atoms with van der Waals surface area (Å²) < 4.78 is 28.1. The van der Waals surface area contributed by atoms with Crippen molar-refractivity contribution in [2.45, 2.75) is 31.7 Å². The number of likely N-dealkylation sites (N-methyl/N-ethyl adjacent to an activating group) is 1. The van der Waals surface area contributed by atoms with Crippen molar-refractivity contribution in [1.82, 2.24) is 10.2 Å². The smallest absolute Gasteiger partial charge is 0.239 e. The van der Waals surface area contributed by atoms with E-state index in [0.29, 0.717) is 24.9 Å². The molecule has 1 amide bonds. The van der Waals surface area contributed by atoms with Gasteiger partial charge in [-0.25, -0.2) is 8.78 Å². The van der Waals surface area contributed by atoms with E-state index in [1.54, 1.807) is 21.0 Å². The van der Waals surface area contributed by atoms with Crippen LogP contribution in [0.1, 0.15) is 29.9 Å². The molecule has 110 valence electrons. The standard InChI is InChI=1S/C15H20F2N2O/c1-9-4-5-11(16)13(14(9)17)10-6-7-18-12(8-10)15(20)19(2)3/h4-5,10,12,18H,6-8H2,1-3H3. The fraction of sp³-hybridized carbons (Fsp3) is 0.533. The third kappa shape index (κ3) is 2.82. The van der Waals surface area contributed by atoms with Gasteiger partial charge < -0.3 is 10.2 Å². The van der Waals surface area contributed by atoms with Gasteiger partial charge in [0.2, 0.25) is 5.91 Å². The number of aryl methyl sites for hydroxylation is 1. The van der Waals surface area contributed by atoms with Crippen LogP contribution in [-0.4, -0.2) is 37.5 Å². The molecule has 1 aliphatic rings. The third-order valence-electron chi connectivity index (χ3n) is 3.87. The molecule has 1 heterocycles. The van der Waals surface area contributed by atoms with Gasteiger partial charge in [0.1, 0.15) is 11.6 Å². The van der Waals surface area contributed by atoms with Crippen LogP contribution >= 0.6 is 0 Å². The van der Waals surface area contributed by atoms with Crippen molar-refractivity contribution in [3.63, 3.8) is 0 Å². The summed E-state index contributed by atoms with van der Waals surface area (Å²) in [6.07, 6.45) is 1.06. The first-order valence-corrected chi connectivity index (χ1v) is 6.81. The van der Waals surface area contributed by atoms with E-state index in [0.717, 1.165) is 0 Å². The van der Waals surface area contributed by atoms with Gasteiger partial charge in [-0.1, -0.05) is 6.07 Å². The van der Waals surface area contributed by atoms with Crippen molar-refractivity contribution in [1.29, 1.82) is 0 Å². The lowest BCUT2D eigenvalue weighted by Gasteiger charge is -2.31. The van der Waals surface area contributed by atoms with Crippen LogP contribution in [-0.2, 0) is 4.79 Å². The highest BCUT2D eigenvalue weighted by Crippen LogP contribution is 2.33. The van der Waals surface area contributed by atoms with Crippen molar-refractivity contribution >= 4 is 5.91 Å². The first-order chi connectivity index (χ1) is 9.41. The van der Waals surface area contributed by atoms with E-state index in [1.807, 2.05) is 0 Å². The molecule has 5 heteroatoms. The zero-order valence-electron chi connectivity index (χ0n) is 12.0. The number of nitrogens with one attached hydrogen (secondary N) is 1. The number of carbonyl (C=O) groups excluding carboxylic acids is 1. The Hall–Kier alpha value is -1.49. The van der Waals surface area contributed by atoms with Gasteiger partial charge >= 0.3 is 0 Å². The molecule has 0 spiro atoms. The van der Waals surface area contributed by atoms with Crippen molar-refractivity contribution < 1.29 is 13.6 Å². The van der Waals surface area contributed by atoms with Crippen molar-refractivity contribution in [2.24, 2.45) is 0 Å². The minimum Gasteiger partial charge on any atom is -0.347 e. The lowest BCUT2D eigenvalue weighted by atomic mass is 9.84. The average molecular weight is 282 g/mol. The highest BCUT2D eigenvalue weighted by molar-refractivity contribution is 5.81. The van der Waals surface area contributed by atoms with Crippen LogP contribution in [0.15, 0.2) is 12.1 Å². The van der Waals surface area contributed by atoms with Crippen LogP contribution in [0.5, 0.6) is 0 Å². The molecule has 2 atom stereocenters. The molecule has 20 heavy (non-hydrogen) atoms. The Morgan fingerprint density at radius 3 is 2.70 bits per heavy atom. The third-order valence-corrected chi connectivity index (χ3v) is 3.87. The number of hydrogen-bond acceptors (Lipinski definition) is 2. The summed E-state index contributed by atoms with van der Waals surface area (Å²) >= 11 is 0. The highest BCUT2D eigenvalue weighted by atomic mass is 19.1. The number of benzene rings is 1. The number of carbonyl (C=O) groups is 1. The number of amides is 1. The second-order valence-electron chi connectivity index (χ2n) is 5.55. The van der Waals surface area contributed by atoms with Gasteiger partial charge in [-0.2, -0.15) is 0 Å². The van der Waals surface area contributed by atoms with Gasteiger partial charge in [0, 0.05) is 19.7 Å². The maximum absolute atomic E-state index is 14.2. The van der Waals surface area contributed by atoms with Crippen molar-refractivity contribution in [3.05, 3.63) is 34.9 Å². The zero-order valence-corrected chi connectivity index (χ0v) is 12.0. The predicted octanol–water partition coefficient (Wildman–Crippen LogP) is 2.20. The minimum atomic E-state index is -0.518. The quantitative estimate of drug-likeness (QED) is 0.902. The molecule has 1 fully saturated rings. The Labute approximate surface area is 118 Å².